The van der Waals surface area contributed by atoms with Crippen molar-refractivity contribution in [1.29, 1.82) is 0 Å². The molecule has 0 aliphatic carbocycles. The van der Waals surface area contributed by atoms with Gasteiger partial charge in [0, 0.05) is 20.5 Å². The van der Waals surface area contributed by atoms with Crippen LogP contribution in [0.2, 0.25) is 32.2 Å². The molecule has 0 spiro atoms. The minimum Gasteiger partial charge on any atom is -1.00 e. The van der Waals surface area contributed by atoms with E-state index in [9.17, 15) is 8.42 Å². The maximum absolute atomic E-state index is 12.5. The van der Waals surface area contributed by atoms with Crippen LogP contribution >= 0.6 is 0 Å². The largest absolute Gasteiger partial charge is 2.00 e. The minimum atomic E-state index is -1.84. The van der Waals surface area contributed by atoms with Gasteiger partial charge >= 0.3 is 23.1 Å². The van der Waals surface area contributed by atoms with Crippen LogP contribution in [0, 0.1) is 6.55 Å². The summed E-state index contributed by atoms with van der Waals surface area (Å²) in [5, 5.41) is 0. The zero-order valence-electron chi connectivity index (χ0n) is 31.3. The predicted octanol–water partition coefficient (Wildman–Crippen LogP) is 4.55. The Morgan fingerprint density at radius 1 is 0.913 bits per heavy atom. The van der Waals surface area contributed by atoms with Gasteiger partial charge in [-0.05, 0) is 126 Å². The van der Waals surface area contributed by atoms with Crippen LogP contribution in [0.15, 0.2) is 29.1 Å². The number of ether oxygens (including phenoxy) is 2. The number of hydrogen-bond donors (Lipinski definition) is 1. The summed E-state index contributed by atoms with van der Waals surface area (Å²) in [6.07, 6.45) is 13.7. The number of allylic oxidation sites excluding steroid dienone is 2. The fourth-order valence-corrected chi connectivity index (χ4v) is 9.86. The average Bonchev–Trinajstić information content (AvgIpc) is 2.85. The molecule has 1 N–H and O–H groups in total. The van der Waals surface area contributed by atoms with Crippen molar-refractivity contribution in [2.24, 2.45) is 4.40 Å². The molecule has 2 unspecified atom stereocenters. The van der Waals surface area contributed by atoms with Crippen molar-refractivity contribution in [3.05, 3.63) is 31.2 Å². The Kier molecular flexibility index (Phi) is 26.2. The third-order valence-electron chi connectivity index (χ3n) is 5.87. The molecule has 2 aliphatic rings. The Balaban J connectivity index is -0.000000662. The fraction of sp³-hybridized carbons (Fsp3) is 0.812. The molecular weight excluding hydrogens is 688 g/mol. The summed E-state index contributed by atoms with van der Waals surface area (Å²) in [5.74, 6) is 0. The molecule has 0 saturated carbocycles. The monoisotopic (exact) mass is 752 g/mol. The van der Waals surface area contributed by atoms with Crippen LogP contribution in [0.5, 0.6) is 0 Å². The molecule has 0 bridgehead atoms. The molecule has 2 rings (SSSR count). The summed E-state index contributed by atoms with van der Waals surface area (Å²) in [6.45, 7) is 32.5. The Morgan fingerprint density at radius 2 is 1.41 bits per heavy atom. The van der Waals surface area contributed by atoms with Gasteiger partial charge in [0.05, 0.1) is 45.3 Å². The summed E-state index contributed by atoms with van der Waals surface area (Å²) < 4.78 is 53.5. The van der Waals surface area contributed by atoms with E-state index in [0.717, 1.165) is 31.7 Å². The molecule has 0 fully saturated rings. The van der Waals surface area contributed by atoms with Crippen molar-refractivity contribution in [3.8, 4) is 0 Å². The van der Waals surface area contributed by atoms with Crippen LogP contribution in [-0.2, 0) is 40.3 Å². The van der Waals surface area contributed by atoms with Crippen molar-refractivity contribution in [3.63, 3.8) is 0 Å². The summed E-state index contributed by atoms with van der Waals surface area (Å²) in [5.41, 5.74) is 0. The number of rotatable bonds is 11. The average molecular weight is 754 g/mol. The first-order valence-electron chi connectivity index (χ1n) is 15.9. The van der Waals surface area contributed by atoms with Gasteiger partial charge < -0.3 is 37.3 Å². The van der Waals surface area contributed by atoms with Crippen LogP contribution in [0.1, 0.15) is 94.9 Å². The number of hydrogen-bond acceptors (Lipinski definition) is 6. The molecular formula is C32H65ClMgN2O6S2Si2. The van der Waals surface area contributed by atoms with Crippen LogP contribution in [-0.4, -0.2) is 94.3 Å². The maximum Gasteiger partial charge on any atom is 2.00 e. The molecule has 0 amide bonds. The van der Waals surface area contributed by atoms with Crippen molar-refractivity contribution >= 4 is 67.9 Å². The molecule has 0 radical (unpaired) electrons. The molecule has 46 heavy (non-hydrogen) atoms. The van der Waals surface area contributed by atoms with Crippen LogP contribution in [0.25, 0.3) is 0 Å². The van der Waals surface area contributed by atoms with Crippen LogP contribution < -0.4 is 17.1 Å². The Hall–Kier alpha value is 0.420. The summed E-state index contributed by atoms with van der Waals surface area (Å²) in [6, 6.07) is 0.955. The maximum atomic E-state index is 12.5. The molecule has 8 nitrogen and oxygen atoms in total. The van der Waals surface area contributed by atoms with Gasteiger partial charge in [-0.1, -0.05) is 13.1 Å². The molecule has 2 heterocycles. The number of halogens is 1. The second kappa shape index (κ2) is 23.8. The van der Waals surface area contributed by atoms with E-state index in [2.05, 4.69) is 55.7 Å². The van der Waals surface area contributed by atoms with Gasteiger partial charge in [0.25, 0.3) is 0 Å². The van der Waals surface area contributed by atoms with E-state index >= 15 is 0 Å². The Labute approximate surface area is 312 Å². The van der Waals surface area contributed by atoms with E-state index in [0.29, 0.717) is 6.10 Å². The van der Waals surface area contributed by atoms with Crippen molar-refractivity contribution in [2.45, 2.75) is 167 Å². The standard InChI is InChI=1S/C16H33NO3SSi.C10H17NO2S.C6H15OSi.ClH.Mg/c1-13(2)20-22(6,7)12-14(15-10-8-9-11-19-15)17-21(18)16(3,4)5;1-10(2,3)14(12)11-8-9-6-4-5-7-13-9;1-6(2)7-8(3,4)5;;/h9,11,13-15,17H,8,10,12H2,1-7H3;5,7-9H,4,6H2,1-3H3;6H,3H2,1-2,4-5H3;1H;/q;;-1;;+2/p-1/t14-,15+,21?;9-,14?;;;/m10.../s1. The third kappa shape index (κ3) is 26.3. The molecule has 5 atom stereocenters. The number of nitrogens with zero attached hydrogens (tertiary/aromatic N) is 1. The van der Waals surface area contributed by atoms with Gasteiger partial charge in [-0.3, -0.25) is 0 Å². The smallest absolute Gasteiger partial charge is 1.00 e. The first-order chi connectivity index (χ1) is 19.9. The van der Waals surface area contributed by atoms with Gasteiger partial charge in [0.15, 0.2) is 8.32 Å². The van der Waals surface area contributed by atoms with E-state index in [-0.39, 0.29) is 69.3 Å². The SMILES string of the molecule is CC(C)(C)S(=O)N=C[C@@H]1CCC=CO1.CC(C)O[Si](C)(C)C[C@@H](NS(=O)C(C)(C)C)[C@@H]1CCC=CO1.[CH2-][Si](C)(C)OC(C)C.[Cl-].[Mg+2]. The minimum absolute atomic E-state index is 0. The van der Waals surface area contributed by atoms with E-state index < -0.39 is 38.6 Å². The normalized spacial score (nSPS) is 20.5. The van der Waals surface area contributed by atoms with Crippen LogP contribution in [0.4, 0.5) is 0 Å². The third-order valence-corrected chi connectivity index (χ3v) is 12.5. The fourth-order valence-electron chi connectivity index (χ4n) is 4.21. The van der Waals surface area contributed by atoms with Gasteiger partial charge in [-0.2, -0.15) is 4.40 Å². The zero-order valence-corrected chi connectivity index (χ0v) is 37.1. The zero-order chi connectivity index (χ0) is 34.4. The molecule has 0 saturated heterocycles. The van der Waals surface area contributed by atoms with Gasteiger partial charge in [-0.25, -0.2) is 13.1 Å². The second-order valence-corrected chi connectivity index (χ2v) is 26.9. The molecule has 0 aromatic rings. The first-order valence-corrected chi connectivity index (χ1v) is 24.4. The van der Waals surface area contributed by atoms with Gasteiger partial charge in [0.1, 0.15) is 23.2 Å². The van der Waals surface area contributed by atoms with Gasteiger partial charge in [0.2, 0.25) is 0 Å². The van der Waals surface area contributed by atoms with E-state index in [1.807, 2.05) is 67.5 Å². The van der Waals surface area contributed by atoms with Gasteiger partial charge in [-0.15, -0.1) is 0 Å². The van der Waals surface area contributed by atoms with Crippen molar-refractivity contribution in [2.75, 3.05) is 0 Å². The first kappa shape index (κ1) is 50.8. The summed E-state index contributed by atoms with van der Waals surface area (Å²) in [4.78, 5) is 0. The molecule has 268 valence electrons. The van der Waals surface area contributed by atoms with Crippen LogP contribution in [0.3, 0.4) is 0 Å². The Bertz CT molecular complexity index is 966. The quantitative estimate of drug-likeness (QED) is 0.189. The van der Waals surface area contributed by atoms with E-state index in [4.69, 9.17) is 18.3 Å². The van der Waals surface area contributed by atoms with E-state index in [1.165, 1.54) is 0 Å². The molecule has 14 heteroatoms. The molecule has 0 aromatic heterocycles. The summed E-state index contributed by atoms with van der Waals surface area (Å²) in [7, 11) is -5.59. The predicted molar refractivity (Wildman–Crippen MR) is 201 cm³/mol. The van der Waals surface area contributed by atoms with Crippen molar-refractivity contribution in [1.82, 2.24) is 4.72 Å². The number of nitrogens with one attached hydrogen (secondary N) is 1. The molecule has 0 aromatic carbocycles. The molecule has 2 aliphatic heterocycles. The van der Waals surface area contributed by atoms with E-state index in [1.54, 1.807) is 18.7 Å². The topological polar surface area (TPSA) is 95.5 Å². The van der Waals surface area contributed by atoms with Crippen molar-refractivity contribution < 1.29 is 39.2 Å². The second-order valence-electron chi connectivity index (χ2n) is 15.0. The summed E-state index contributed by atoms with van der Waals surface area (Å²) >= 11 is 0. The Morgan fingerprint density at radius 3 is 1.76 bits per heavy atom.